The molecule has 34 heavy (non-hydrogen) atoms. The second-order valence-corrected chi connectivity index (χ2v) is 10.2. The van der Waals surface area contributed by atoms with E-state index in [1.807, 2.05) is 0 Å². The number of nitrogens with one attached hydrogen (secondary N) is 1. The van der Waals surface area contributed by atoms with Crippen LogP contribution in [0.15, 0.2) is 76.5 Å². The number of benzene rings is 3. The van der Waals surface area contributed by atoms with Crippen molar-refractivity contribution in [2.45, 2.75) is 22.3 Å². The Bertz CT molecular complexity index is 1250. The maximum Gasteiger partial charge on any atom is 0.341 e. The van der Waals surface area contributed by atoms with Gasteiger partial charge in [-0.3, -0.25) is 0 Å². The molecule has 3 aromatic carbocycles. The van der Waals surface area contributed by atoms with Crippen LogP contribution in [0.25, 0.3) is 0 Å². The number of rotatable bonds is 11. The molecule has 180 valence electrons. The van der Waals surface area contributed by atoms with E-state index in [-0.39, 0.29) is 20.6 Å². The zero-order valence-electron chi connectivity index (χ0n) is 17.9. The first kappa shape index (κ1) is 26.0. The van der Waals surface area contributed by atoms with Crippen LogP contribution in [0.1, 0.15) is 17.2 Å². The average molecular weight is 524 g/mol. The molecular formula is C24H23Cl2NO6S. The van der Waals surface area contributed by atoms with Crippen LogP contribution in [0.3, 0.4) is 0 Å². The Morgan fingerprint density at radius 1 is 1.00 bits per heavy atom. The van der Waals surface area contributed by atoms with E-state index in [0.717, 1.165) is 11.1 Å². The SMILES string of the molecule is O=C(O)COc1ccc(S(=O)(=O)c2ccc(CCNC[C@H](O)c3cccc(Cl)c3)cc2)cc1Cl. The summed E-state index contributed by atoms with van der Waals surface area (Å²) in [5.74, 6) is -1.08. The van der Waals surface area contributed by atoms with Crippen LogP contribution in [0.5, 0.6) is 5.75 Å². The molecule has 0 fully saturated rings. The van der Waals surface area contributed by atoms with Gasteiger partial charge in [0.15, 0.2) is 6.61 Å². The molecule has 7 nitrogen and oxygen atoms in total. The molecule has 0 aromatic heterocycles. The van der Waals surface area contributed by atoms with Gasteiger partial charge >= 0.3 is 5.97 Å². The molecule has 0 heterocycles. The van der Waals surface area contributed by atoms with E-state index in [1.165, 1.54) is 30.3 Å². The molecule has 0 aliphatic rings. The summed E-state index contributed by atoms with van der Waals surface area (Å²) in [5, 5.41) is 22.7. The lowest BCUT2D eigenvalue weighted by Gasteiger charge is -2.13. The van der Waals surface area contributed by atoms with Crippen molar-refractivity contribution in [1.82, 2.24) is 5.32 Å². The zero-order chi connectivity index (χ0) is 24.7. The standard InChI is InChI=1S/C24H23Cl2NO6S/c25-18-3-1-2-17(12-18)22(28)14-27-11-10-16-4-6-19(7-5-16)34(31,32)20-8-9-23(21(26)13-20)33-15-24(29)30/h1-9,12-13,22,27-28H,10-11,14-15H2,(H,29,30)/t22-/m0/s1. The van der Waals surface area contributed by atoms with E-state index in [0.29, 0.717) is 24.5 Å². The summed E-state index contributed by atoms with van der Waals surface area (Å²) in [5.41, 5.74) is 1.66. The van der Waals surface area contributed by atoms with Gasteiger partial charge in [0.2, 0.25) is 9.84 Å². The normalized spacial score (nSPS) is 12.3. The number of ether oxygens (including phenoxy) is 1. The first-order chi connectivity index (χ1) is 16.2. The van der Waals surface area contributed by atoms with E-state index in [1.54, 1.807) is 36.4 Å². The predicted molar refractivity (Wildman–Crippen MR) is 129 cm³/mol. The quantitative estimate of drug-likeness (QED) is 0.323. The fourth-order valence-corrected chi connectivity index (χ4v) is 4.97. The molecule has 0 saturated carbocycles. The summed E-state index contributed by atoms with van der Waals surface area (Å²) in [6.45, 7) is 0.374. The summed E-state index contributed by atoms with van der Waals surface area (Å²) in [7, 11) is -3.81. The van der Waals surface area contributed by atoms with Gasteiger partial charge in [-0.2, -0.15) is 0 Å². The zero-order valence-corrected chi connectivity index (χ0v) is 20.3. The lowest BCUT2D eigenvalue weighted by atomic mass is 10.1. The highest BCUT2D eigenvalue weighted by Gasteiger charge is 2.19. The molecule has 1 atom stereocenters. The van der Waals surface area contributed by atoms with E-state index in [4.69, 9.17) is 33.0 Å². The van der Waals surface area contributed by atoms with Crippen molar-refractivity contribution < 1.29 is 28.2 Å². The van der Waals surface area contributed by atoms with Gasteiger partial charge in [-0.25, -0.2) is 13.2 Å². The monoisotopic (exact) mass is 523 g/mol. The first-order valence-corrected chi connectivity index (χ1v) is 12.5. The summed E-state index contributed by atoms with van der Waals surface area (Å²) in [6, 6.07) is 17.4. The van der Waals surface area contributed by atoms with Gasteiger partial charge in [0.25, 0.3) is 0 Å². The third-order valence-corrected chi connectivity index (χ3v) is 7.26. The number of carboxylic acids is 1. The fourth-order valence-electron chi connectivity index (χ4n) is 3.18. The molecule has 0 saturated heterocycles. The van der Waals surface area contributed by atoms with Crippen LogP contribution in [-0.4, -0.2) is 44.3 Å². The van der Waals surface area contributed by atoms with Gasteiger partial charge in [0, 0.05) is 11.6 Å². The van der Waals surface area contributed by atoms with Crippen LogP contribution >= 0.6 is 23.2 Å². The number of sulfone groups is 1. The molecule has 0 radical (unpaired) electrons. The number of aliphatic hydroxyl groups is 1. The molecular weight excluding hydrogens is 501 g/mol. The molecule has 0 amide bonds. The molecule has 0 unspecified atom stereocenters. The van der Waals surface area contributed by atoms with Crippen molar-refractivity contribution >= 4 is 39.0 Å². The van der Waals surface area contributed by atoms with Crippen LogP contribution in [0, 0.1) is 0 Å². The van der Waals surface area contributed by atoms with Crippen molar-refractivity contribution in [2.75, 3.05) is 19.7 Å². The largest absolute Gasteiger partial charge is 0.480 e. The van der Waals surface area contributed by atoms with Gasteiger partial charge in [0.1, 0.15) is 5.75 Å². The number of hydrogen-bond acceptors (Lipinski definition) is 6. The minimum absolute atomic E-state index is 0.00461. The van der Waals surface area contributed by atoms with E-state index in [9.17, 15) is 18.3 Å². The Balaban J connectivity index is 1.57. The van der Waals surface area contributed by atoms with Crippen molar-refractivity contribution in [3.63, 3.8) is 0 Å². The third-order valence-electron chi connectivity index (χ3n) is 4.96. The summed E-state index contributed by atoms with van der Waals surface area (Å²) in [6.07, 6.45) is -0.0386. The number of carboxylic acid groups (broad SMARTS) is 1. The molecule has 3 N–H and O–H groups in total. The molecule has 3 rings (SSSR count). The number of aliphatic hydroxyl groups excluding tert-OH is 1. The van der Waals surface area contributed by atoms with Crippen molar-refractivity contribution in [1.29, 1.82) is 0 Å². The lowest BCUT2D eigenvalue weighted by Crippen LogP contribution is -2.23. The van der Waals surface area contributed by atoms with Crippen LogP contribution in [0.4, 0.5) is 0 Å². The highest BCUT2D eigenvalue weighted by Crippen LogP contribution is 2.30. The number of carbonyl (C=O) groups is 1. The lowest BCUT2D eigenvalue weighted by molar-refractivity contribution is -0.139. The maximum absolute atomic E-state index is 12.9. The minimum Gasteiger partial charge on any atom is -0.480 e. The molecule has 0 bridgehead atoms. The maximum atomic E-state index is 12.9. The van der Waals surface area contributed by atoms with Crippen LogP contribution in [0.2, 0.25) is 10.0 Å². The third kappa shape index (κ3) is 6.94. The second-order valence-electron chi connectivity index (χ2n) is 7.45. The Labute approximate surface area is 207 Å². The van der Waals surface area contributed by atoms with E-state index >= 15 is 0 Å². The van der Waals surface area contributed by atoms with Gasteiger partial charge in [0.05, 0.1) is 20.9 Å². The van der Waals surface area contributed by atoms with Crippen molar-refractivity contribution in [3.05, 3.63) is 87.9 Å². The smallest absolute Gasteiger partial charge is 0.341 e. The van der Waals surface area contributed by atoms with Crippen molar-refractivity contribution in [2.24, 2.45) is 0 Å². The average Bonchev–Trinajstić information content (AvgIpc) is 2.81. The first-order valence-electron chi connectivity index (χ1n) is 10.3. The highest BCUT2D eigenvalue weighted by molar-refractivity contribution is 7.91. The Kier molecular flexibility index (Phi) is 8.93. The highest BCUT2D eigenvalue weighted by atomic mass is 35.5. The summed E-state index contributed by atoms with van der Waals surface area (Å²) in [4.78, 5) is 10.7. The Hall–Kier alpha value is -2.62. The Morgan fingerprint density at radius 3 is 2.35 bits per heavy atom. The molecule has 0 spiro atoms. The second kappa shape index (κ2) is 11.7. The van der Waals surface area contributed by atoms with Gasteiger partial charge in [-0.1, -0.05) is 47.5 Å². The summed E-state index contributed by atoms with van der Waals surface area (Å²) < 4.78 is 30.9. The van der Waals surface area contributed by atoms with E-state index in [2.05, 4.69) is 5.32 Å². The minimum atomic E-state index is -3.81. The van der Waals surface area contributed by atoms with Gasteiger partial charge in [-0.05, 0) is 66.6 Å². The van der Waals surface area contributed by atoms with Gasteiger partial charge < -0.3 is 20.3 Å². The molecule has 10 heteroatoms. The number of halogens is 2. The molecule has 3 aromatic rings. The number of aliphatic carboxylic acids is 1. The van der Waals surface area contributed by atoms with E-state index < -0.39 is 28.5 Å². The topological polar surface area (TPSA) is 113 Å². The Morgan fingerprint density at radius 2 is 1.71 bits per heavy atom. The van der Waals surface area contributed by atoms with Crippen LogP contribution < -0.4 is 10.1 Å². The predicted octanol–water partition coefficient (Wildman–Crippen LogP) is 4.16. The van der Waals surface area contributed by atoms with Crippen LogP contribution in [-0.2, 0) is 21.1 Å². The van der Waals surface area contributed by atoms with Crippen molar-refractivity contribution in [3.8, 4) is 5.75 Å². The molecule has 0 aliphatic carbocycles. The fraction of sp³-hybridized carbons (Fsp3) is 0.208. The number of hydrogen-bond donors (Lipinski definition) is 3. The van der Waals surface area contributed by atoms with Gasteiger partial charge in [-0.15, -0.1) is 0 Å². The summed E-state index contributed by atoms with van der Waals surface area (Å²) >= 11 is 12.0. The molecule has 0 aliphatic heterocycles.